The molecule has 0 saturated carbocycles. The summed E-state index contributed by atoms with van der Waals surface area (Å²) >= 11 is 0. The fourth-order valence-corrected chi connectivity index (χ4v) is 2.30. The minimum absolute atomic E-state index is 0.193. The first-order valence-corrected chi connectivity index (χ1v) is 6.68. The summed E-state index contributed by atoms with van der Waals surface area (Å²) in [5.74, 6) is 1.52. The number of nitrogens with one attached hydrogen (secondary N) is 1. The summed E-state index contributed by atoms with van der Waals surface area (Å²) in [7, 11) is 0. The molecule has 0 spiro atoms. The Hall–Kier alpha value is -1.36. The molecule has 1 aliphatic heterocycles. The Morgan fingerprint density at radius 3 is 3.06 bits per heavy atom. The van der Waals surface area contributed by atoms with Gasteiger partial charge in [0.15, 0.2) is 0 Å². The van der Waals surface area contributed by atoms with E-state index in [2.05, 4.69) is 24.1 Å². The number of carbonyl (C=O) groups excluding carboxylic acids is 1. The van der Waals surface area contributed by atoms with Crippen molar-refractivity contribution in [3.63, 3.8) is 0 Å². The number of imidazole rings is 1. The van der Waals surface area contributed by atoms with Crippen molar-refractivity contribution in [2.75, 3.05) is 26.2 Å². The van der Waals surface area contributed by atoms with Gasteiger partial charge in [0.05, 0.1) is 0 Å². The van der Waals surface area contributed by atoms with Gasteiger partial charge in [-0.15, -0.1) is 0 Å². The minimum Gasteiger partial charge on any atom is -0.340 e. The topological polar surface area (TPSA) is 50.2 Å². The smallest absolute Gasteiger partial charge is 0.242 e. The van der Waals surface area contributed by atoms with E-state index >= 15 is 0 Å². The Balaban J connectivity index is 1.99. The van der Waals surface area contributed by atoms with Crippen LogP contribution in [-0.4, -0.2) is 46.5 Å². The summed E-state index contributed by atoms with van der Waals surface area (Å²) in [6.07, 6.45) is 4.70. The molecule has 0 radical (unpaired) electrons. The predicted molar refractivity (Wildman–Crippen MR) is 70.4 cm³/mol. The average Bonchev–Trinajstić information content (AvgIpc) is 2.63. The minimum atomic E-state index is 0.193. The van der Waals surface area contributed by atoms with Crippen molar-refractivity contribution in [1.82, 2.24) is 19.8 Å². The standard InChI is InChI=1S/C13H22N4O/c1-11(2)13-15-6-9-17(13)10-12(18)16-7-3-4-14-5-8-16/h6,9,11,14H,3-5,7-8,10H2,1-2H3. The molecule has 0 bridgehead atoms. The number of nitrogens with zero attached hydrogens (tertiary/aromatic N) is 3. The number of carbonyl (C=O) groups is 1. The number of amides is 1. The molecule has 1 fully saturated rings. The second-order valence-electron chi connectivity index (χ2n) is 5.05. The zero-order valence-corrected chi connectivity index (χ0v) is 11.2. The molecule has 0 atom stereocenters. The number of aromatic nitrogens is 2. The van der Waals surface area contributed by atoms with Crippen molar-refractivity contribution in [3.8, 4) is 0 Å². The summed E-state index contributed by atoms with van der Waals surface area (Å²) in [6, 6.07) is 0. The van der Waals surface area contributed by atoms with Crippen LogP contribution in [0.5, 0.6) is 0 Å². The fraction of sp³-hybridized carbons (Fsp3) is 0.692. The molecule has 0 aliphatic carbocycles. The highest BCUT2D eigenvalue weighted by atomic mass is 16.2. The lowest BCUT2D eigenvalue weighted by Crippen LogP contribution is -2.36. The van der Waals surface area contributed by atoms with Gasteiger partial charge in [-0.25, -0.2) is 4.98 Å². The maximum absolute atomic E-state index is 12.2. The lowest BCUT2D eigenvalue weighted by atomic mass is 10.2. The van der Waals surface area contributed by atoms with Crippen molar-refractivity contribution in [2.24, 2.45) is 0 Å². The lowest BCUT2D eigenvalue weighted by molar-refractivity contribution is -0.131. The largest absolute Gasteiger partial charge is 0.340 e. The molecule has 100 valence electrons. The zero-order valence-electron chi connectivity index (χ0n) is 11.2. The van der Waals surface area contributed by atoms with Gasteiger partial charge < -0.3 is 14.8 Å². The molecule has 1 N–H and O–H groups in total. The predicted octanol–water partition coefficient (Wildman–Crippen LogP) is 0.828. The highest BCUT2D eigenvalue weighted by molar-refractivity contribution is 5.76. The maximum atomic E-state index is 12.2. The van der Waals surface area contributed by atoms with E-state index in [9.17, 15) is 4.79 Å². The van der Waals surface area contributed by atoms with Gasteiger partial charge in [-0.1, -0.05) is 13.8 Å². The van der Waals surface area contributed by atoms with Gasteiger partial charge in [-0.05, 0) is 13.0 Å². The lowest BCUT2D eigenvalue weighted by Gasteiger charge is -2.21. The van der Waals surface area contributed by atoms with Crippen LogP contribution in [-0.2, 0) is 11.3 Å². The van der Waals surface area contributed by atoms with Gasteiger partial charge in [0.2, 0.25) is 5.91 Å². The summed E-state index contributed by atoms with van der Waals surface area (Å²) in [5, 5.41) is 3.31. The van der Waals surface area contributed by atoms with Crippen LogP contribution in [0.4, 0.5) is 0 Å². The van der Waals surface area contributed by atoms with Crippen LogP contribution in [0.2, 0.25) is 0 Å². The van der Waals surface area contributed by atoms with Gasteiger partial charge in [-0.2, -0.15) is 0 Å². The van der Waals surface area contributed by atoms with Crippen LogP contribution in [0.15, 0.2) is 12.4 Å². The molecule has 2 heterocycles. The van der Waals surface area contributed by atoms with Crippen molar-refractivity contribution < 1.29 is 4.79 Å². The number of hydrogen-bond acceptors (Lipinski definition) is 3. The van der Waals surface area contributed by atoms with Gasteiger partial charge in [0.1, 0.15) is 12.4 Å². The maximum Gasteiger partial charge on any atom is 0.242 e. The highest BCUT2D eigenvalue weighted by Gasteiger charge is 2.17. The summed E-state index contributed by atoms with van der Waals surface area (Å²) in [5.41, 5.74) is 0. The van der Waals surface area contributed by atoms with E-state index in [0.717, 1.165) is 38.4 Å². The van der Waals surface area contributed by atoms with Crippen LogP contribution < -0.4 is 5.32 Å². The fourth-order valence-electron chi connectivity index (χ4n) is 2.30. The third kappa shape index (κ3) is 3.10. The zero-order chi connectivity index (χ0) is 13.0. The summed E-state index contributed by atoms with van der Waals surface area (Å²) in [6.45, 7) is 8.17. The molecule has 0 unspecified atom stereocenters. The molecule has 1 amide bonds. The number of rotatable bonds is 3. The summed E-state index contributed by atoms with van der Waals surface area (Å²) < 4.78 is 1.96. The molecule has 18 heavy (non-hydrogen) atoms. The second-order valence-corrected chi connectivity index (χ2v) is 5.05. The first kappa shape index (κ1) is 13.1. The van der Waals surface area contributed by atoms with Crippen molar-refractivity contribution >= 4 is 5.91 Å². The third-order valence-corrected chi connectivity index (χ3v) is 3.26. The Morgan fingerprint density at radius 1 is 1.44 bits per heavy atom. The van der Waals surface area contributed by atoms with Gasteiger partial charge in [0, 0.05) is 37.9 Å². The average molecular weight is 250 g/mol. The molecule has 0 aromatic carbocycles. The normalized spacial score (nSPS) is 16.9. The molecule has 1 aromatic rings. The molecule has 1 aromatic heterocycles. The first-order valence-electron chi connectivity index (χ1n) is 6.68. The molecule has 2 rings (SSSR count). The van der Waals surface area contributed by atoms with E-state index in [1.54, 1.807) is 6.20 Å². The molecule has 1 aliphatic rings. The molecular weight excluding hydrogens is 228 g/mol. The van der Waals surface area contributed by atoms with E-state index in [4.69, 9.17) is 0 Å². The van der Waals surface area contributed by atoms with E-state index in [1.165, 1.54) is 0 Å². The monoisotopic (exact) mass is 250 g/mol. The molecular formula is C13H22N4O. The Kier molecular flexibility index (Phi) is 4.36. The van der Waals surface area contributed by atoms with E-state index in [1.807, 2.05) is 15.7 Å². The molecule has 1 saturated heterocycles. The highest BCUT2D eigenvalue weighted by Crippen LogP contribution is 2.12. The number of hydrogen-bond donors (Lipinski definition) is 1. The van der Waals surface area contributed by atoms with E-state index in [0.29, 0.717) is 12.5 Å². The van der Waals surface area contributed by atoms with Crippen LogP contribution in [0.25, 0.3) is 0 Å². The van der Waals surface area contributed by atoms with Crippen LogP contribution in [0.1, 0.15) is 32.0 Å². The van der Waals surface area contributed by atoms with Gasteiger partial charge in [-0.3, -0.25) is 4.79 Å². The quantitative estimate of drug-likeness (QED) is 0.864. The van der Waals surface area contributed by atoms with Crippen LogP contribution >= 0.6 is 0 Å². The van der Waals surface area contributed by atoms with Crippen LogP contribution in [0, 0.1) is 0 Å². The first-order chi connectivity index (χ1) is 8.68. The second kappa shape index (κ2) is 6.00. The third-order valence-electron chi connectivity index (χ3n) is 3.26. The molecule has 5 nitrogen and oxygen atoms in total. The van der Waals surface area contributed by atoms with Crippen molar-refractivity contribution in [2.45, 2.75) is 32.7 Å². The Bertz CT molecular complexity index is 391. The SMILES string of the molecule is CC(C)c1nccn1CC(=O)N1CCCNCC1. The Labute approximate surface area is 108 Å². The van der Waals surface area contributed by atoms with E-state index < -0.39 is 0 Å². The van der Waals surface area contributed by atoms with E-state index in [-0.39, 0.29) is 5.91 Å². The van der Waals surface area contributed by atoms with Crippen molar-refractivity contribution in [1.29, 1.82) is 0 Å². The molecule has 5 heteroatoms. The van der Waals surface area contributed by atoms with Crippen molar-refractivity contribution in [3.05, 3.63) is 18.2 Å². The van der Waals surface area contributed by atoms with Gasteiger partial charge in [0.25, 0.3) is 0 Å². The summed E-state index contributed by atoms with van der Waals surface area (Å²) in [4.78, 5) is 18.5. The van der Waals surface area contributed by atoms with Gasteiger partial charge >= 0.3 is 0 Å². The van der Waals surface area contributed by atoms with Crippen LogP contribution in [0.3, 0.4) is 0 Å². The Morgan fingerprint density at radius 2 is 2.28 bits per heavy atom.